The molecule has 1 aromatic heterocycles. The van der Waals surface area contributed by atoms with Crippen LogP contribution in [0.15, 0.2) is 41.0 Å². The lowest BCUT2D eigenvalue weighted by atomic mass is 10.2. The number of anilines is 2. The van der Waals surface area contributed by atoms with Gasteiger partial charge in [-0.25, -0.2) is 0 Å². The van der Waals surface area contributed by atoms with Gasteiger partial charge in [0.1, 0.15) is 4.60 Å². The molecule has 1 saturated heterocycles. The molecule has 2 aromatic rings. The van der Waals surface area contributed by atoms with Gasteiger partial charge < -0.3 is 9.80 Å². The zero-order valence-electron chi connectivity index (χ0n) is 10.8. The molecule has 3 rings (SSSR count). The lowest BCUT2D eigenvalue weighted by Gasteiger charge is -2.36. The molecule has 1 aromatic carbocycles. The summed E-state index contributed by atoms with van der Waals surface area (Å²) in [4.78, 5) is 4.59. The first-order valence-electron chi connectivity index (χ1n) is 6.47. The van der Waals surface area contributed by atoms with Gasteiger partial charge in [-0.15, -0.1) is 10.2 Å². The van der Waals surface area contributed by atoms with Crippen molar-refractivity contribution in [2.45, 2.75) is 0 Å². The standard InChI is InChI=1S/C14H14BrClN4/c15-13-4-5-14(18-17-13)20-8-6-19(7-9-20)12-3-1-2-11(16)10-12/h1-5,10H,6-9H2. The quantitative estimate of drug-likeness (QED) is 0.830. The Hall–Kier alpha value is -1.33. The third kappa shape index (κ3) is 3.04. The third-order valence-electron chi connectivity index (χ3n) is 3.39. The maximum absolute atomic E-state index is 6.04. The highest BCUT2D eigenvalue weighted by atomic mass is 79.9. The summed E-state index contributed by atoms with van der Waals surface area (Å²) < 4.78 is 0.763. The van der Waals surface area contributed by atoms with E-state index in [0.29, 0.717) is 0 Å². The SMILES string of the molecule is Clc1cccc(N2CCN(c3ccc(Br)nn3)CC2)c1. The topological polar surface area (TPSA) is 32.3 Å². The first kappa shape index (κ1) is 13.6. The molecule has 1 fully saturated rings. The summed E-state index contributed by atoms with van der Waals surface area (Å²) in [6.45, 7) is 3.78. The van der Waals surface area contributed by atoms with Crippen LogP contribution in [0.25, 0.3) is 0 Å². The van der Waals surface area contributed by atoms with E-state index < -0.39 is 0 Å². The summed E-state index contributed by atoms with van der Waals surface area (Å²) in [5.74, 6) is 0.930. The number of rotatable bonds is 2. The molecule has 104 valence electrons. The van der Waals surface area contributed by atoms with E-state index in [4.69, 9.17) is 11.6 Å². The van der Waals surface area contributed by atoms with Gasteiger partial charge >= 0.3 is 0 Å². The van der Waals surface area contributed by atoms with Gasteiger partial charge in [0.15, 0.2) is 5.82 Å². The van der Waals surface area contributed by atoms with Gasteiger partial charge in [-0.3, -0.25) is 0 Å². The van der Waals surface area contributed by atoms with Crippen molar-refractivity contribution in [3.8, 4) is 0 Å². The number of benzene rings is 1. The summed E-state index contributed by atoms with van der Waals surface area (Å²) in [5, 5.41) is 9.02. The van der Waals surface area contributed by atoms with Crippen LogP contribution in [0.1, 0.15) is 0 Å². The van der Waals surface area contributed by atoms with Crippen LogP contribution in [-0.4, -0.2) is 36.4 Å². The van der Waals surface area contributed by atoms with E-state index in [9.17, 15) is 0 Å². The van der Waals surface area contributed by atoms with Crippen LogP contribution >= 0.6 is 27.5 Å². The van der Waals surface area contributed by atoms with Crippen LogP contribution in [0.2, 0.25) is 5.02 Å². The third-order valence-corrected chi connectivity index (χ3v) is 4.05. The van der Waals surface area contributed by atoms with Crippen LogP contribution in [-0.2, 0) is 0 Å². The summed E-state index contributed by atoms with van der Waals surface area (Å²) in [6.07, 6.45) is 0. The van der Waals surface area contributed by atoms with E-state index in [2.05, 4.69) is 42.0 Å². The van der Waals surface area contributed by atoms with Crippen molar-refractivity contribution in [2.75, 3.05) is 36.0 Å². The Balaban J connectivity index is 1.66. The largest absolute Gasteiger partial charge is 0.368 e. The zero-order valence-corrected chi connectivity index (χ0v) is 13.2. The summed E-state index contributed by atoms with van der Waals surface area (Å²) in [7, 11) is 0. The summed E-state index contributed by atoms with van der Waals surface area (Å²) >= 11 is 9.35. The van der Waals surface area contributed by atoms with Crippen molar-refractivity contribution in [1.82, 2.24) is 10.2 Å². The van der Waals surface area contributed by atoms with Gasteiger partial charge in [0.2, 0.25) is 0 Å². The van der Waals surface area contributed by atoms with Crippen molar-refractivity contribution < 1.29 is 0 Å². The lowest BCUT2D eigenvalue weighted by molar-refractivity contribution is 0.643. The Kier molecular flexibility index (Phi) is 4.08. The van der Waals surface area contributed by atoms with E-state index in [1.807, 2.05) is 30.3 Å². The fraction of sp³-hybridized carbons (Fsp3) is 0.286. The van der Waals surface area contributed by atoms with Crippen LogP contribution < -0.4 is 9.80 Å². The molecule has 6 heteroatoms. The van der Waals surface area contributed by atoms with E-state index in [0.717, 1.165) is 41.6 Å². The Labute approximate surface area is 131 Å². The van der Waals surface area contributed by atoms with Gasteiger partial charge in [-0.1, -0.05) is 17.7 Å². The second-order valence-corrected chi connectivity index (χ2v) is 5.92. The maximum atomic E-state index is 6.04. The minimum atomic E-state index is 0.763. The molecule has 0 N–H and O–H groups in total. The highest BCUT2D eigenvalue weighted by Gasteiger charge is 2.18. The van der Waals surface area contributed by atoms with Crippen LogP contribution in [0.5, 0.6) is 0 Å². The van der Waals surface area contributed by atoms with Gasteiger partial charge in [-0.2, -0.15) is 0 Å². The minimum Gasteiger partial charge on any atom is -0.368 e. The molecule has 0 radical (unpaired) electrons. The number of halogens is 2. The molecule has 0 bridgehead atoms. The van der Waals surface area contributed by atoms with Gasteiger partial charge in [0.05, 0.1) is 0 Å². The average Bonchev–Trinajstić information content (AvgIpc) is 2.48. The zero-order chi connectivity index (χ0) is 13.9. The van der Waals surface area contributed by atoms with Crippen LogP contribution in [0, 0.1) is 0 Å². The molecule has 2 heterocycles. The fourth-order valence-corrected chi connectivity index (χ4v) is 2.74. The molecule has 1 aliphatic rings. The Morgan fingerprint density at radius 1 is 0.950 bits per heavy atom. The van der Waals surface area contributed by atoms with Gasteiger partial charge in [0, 0.05) is 36.9 Å². The number of hydrogen-bond acceptors (Lipinski definition) is 4. The highest BCUT2D eigenvalue weighted by molar-refractivity contribution is 9.10. The smallest absolute Gasteiger partial charge is 0.151 e. The molecule has 0 spiro atoms. The average molecular weight is 354 g/mol. The number of hydrogen-bond donors (Lipinski definition) is 0. The molecular weight excluding hydrogens is 340 g/mol. The molecule has 1 aliphatic heterocycles. The van der Waals surface area contributed by atoms with Gasteiger partial charge in [-0.05, 0) is 46.3 Å². The molecule has 4 nitrogen and oxygen atoms in total. The highest BCUT2D eigenvalue weighted by Crippen LogP contribution is 2.22. The molecule has 0 amide bonds. The predicted octanol–water partition coefficient (Wildman–Crippen LogP) is 3.22. The fourth-order valence-electron chi connectivity index (χ4n) is 2.34. The Bertz CT molecular complexity index is 582. The van der Waals surface area contributed by atoms with Crippen LogP contribution in [0.3, 0.4) is 0 Å². The Morgan fingerprint density at radius 3 is 2.35 bits per heavy atom. The van der Waals surface area contributed by atoms with Crippen molar-refractivity contribution >= 4 is 39.0 Å². The van der Waals surface area contributed by atoms with E-state index in [1.54, 1.807) is 0 Å². The van der Waals surface area contributed by atoms with Crippen molar-refractivity contribution in [3.63, 3.8) is 0 Å². The minimum absolute atomic E-state index is 0.763. The maximum Gasteiger partial charge on any atom is 0.151 e. The number of aromatic nitrogens is 2. The van der Waals surface area contributed by atoms with Crippen molar-refractivity contribution in [2.24, 2.45) is 0 Å². The predicted molar refractivity (Wildman–Crippen MR) is 85.6 cm³/mol. The second-order valence-electron chi connectivity index (χ2n) is 4.67. The molecule has 20 heavy (non-hydrogen) atoms. The Morgan fingerprint density at radius 2 is 1.70 bits per heavy atom. The lowest BCUT2D eigenvalue weighted by Crippen LogP contribution is -2.46. The van der Waals surface area contributed by atoms with Crippen LogP contribution in [0.4, 0.5) is 11.5 Å². The first-order chi connectivity index (χ1) is 9.72. The summed E-state index contributed by atoms with van der Waals surface area (Å²) in [5.41, 5.74) is 1.18. The van der Waals surface area contributed by atoms with E-state index in [1.165, 1.54) is 5.69 Å². The first-order valence-corrected chi connectivity index (χ1v) is 7.64. The molecular formula is C14H14BrClN4. The second kappa shape index (κ2) is 5.97. The van der Waals surface area contributed by atoms with E-state index >= 15 is 0 Å². The normalized spacial score (nSPS) is 15.5. The molecule has 0 saturated carbocycles. The monoisotopic (exact) mass is 352 g/mol. The van der Waals surface area contributed by atoms with Gasteiger partial charge in [0.25, 0.3) is 0 Å². The number of piperazine rings is 1. The van der Waals surface area contributed by atoms with Crippen molar-refractivity contribution in [1.29, 1.82) is 0 Å². The van der Waals surface area contributed by atoms with E-state index in [-0.39, 0.29) is 0 Å². The molecule has 0 aliphatic carbocycles. The van der Waals surface area contributed by atoms with Crippen molar-refractivity contribution in [3.05, 3.63) is 46.0 Å². The molecule has 0 atom stereocenters. The molecule has 0 unspecified atom stereocenters. The summed E-state index contributed by atoms with van der Waals surface area (Å²) in [6, 6.07) is 11.9. The number of nitrogens with zero attached hydrogens (tertiary/aromatic N) is 4.